The number of esters is 1. The predicted octanol–water partition coefficient (Wildman–Crippen LogP) is 4.58. The standard InChI is InChI=1S/C29H35N3O3/c1-35-29(34)25-9-13-27(14-10-25)32(20-15-22-5-3-2-4-6-22)28(33)24-16-18-31(19-17-24)26-11-7-23(21-30)8-12-26/h2-8,11-12,24-25,27H,9-10,13-20H2,1H3/t25-,27-. The minimum Gasteiger partial charge on any atom is -0.469 e. The van der Waals surface area contributed by atoms with Crippen LogP contribution in [0.4, 0.5) is 5.69 Å². The highest BCUT2D eigenvalue weighted by atomic mass is 16.5. The molecule has 1 aliphatic carbocycles. The Bertz CT molecular complexity index is 1020. The first-order valence-electron chi connectivity index (χ1n) is 12.8. The van der Waals surface area contributed by atoms with Crippen LogP contribution in [0.15, 0.2) is 54.6 Å². The molecule has 6 heteroatoms. The van der Waals surface area contributed by atoms with Crippen LogP contribution in [-0.2, 0) is 20.7 Å². The van der Waals surface area contributed by atoms with E-state index in [0.717, 1.165) is 63.7 Å². The molecule has 2 aromatic rings. The van der Waals surface area contributed by atoms with Gasteiger partial charge in [0.25, 0.3) is 0 Å². The fourth-order valence-electron chi connectivity index (χ4n) is 5.52. The molecule has 0 unspecified atom stereocenters. The van der Waals surface area contributed by atoms with Crippen LogP contribution in [0, 0.1) is 23.2 Å². The lowest BCUT2D eigenvalue weighted by Gasteiger charge is -2.40. The Morgan fingerprint density at radius 3 is 2.20 bits per heavy atom. The van der Waals surface area contributed by atoms with E-state index in [1.165, 1.54) is 12.7 Å². The first-order valence-corrected chi connectivity index (χ1v) is 12.8. The van der Waals surface area contributed by atoms with E-state index >= 15 is 0 Å². The first kappa shape index (κ1) is 24.8. The SMILES string of the molecule is COC(=O)[C@H]1CC[C@H](N(CCc2ccccc2)C(=O)C2CCN(c3ccc(C#N)cc3)CC2)CC1. The van der Waals surface area contributed by atoms with Gasteiger partial charge in [0.2, 0.25) is 5.91 Å². The van der Waals surface area contributed by atoms with Gasteiger partial charge in [-0.05, 0) is 74.8 Å². The quantitative estimate of drug-likeness (QED) is 0.551. The van der Waals surface area contributed by atoms with Gasteiger partial charge >= 0.3 is 5.97 Å². The van der Waals surface area contributed by atoms with E-state index in [4.69, 9.17) is 10.00 Å². The second-order valence-corrected chi connectivity index (χ2v) is 9.72. The number of nitriles is 1. The van der Waals surface area contributed by atoms with Crippen molar-refractivity contribution in [1.82, 2.24) is 4.90 Å². The molecule has 1 aliphatic heterocycles. The zero-order valence-electron chi connectivity index (χ0n) is 20.6. The molecule has 2 aliphatic rings. The molecule has 0 N–H and O–H groups in total. The molecule has 35 heavy (non-hydrogen) atoms. The zero-order chi connectivity index (χ0) is 24.6. The minimum atomic E-state index is -0.124. The molecular formula is C29H35N3O3. The second kappa shape index (κ2) is 11.9. The van der Waals surface area contributed by atoms with Crippen molar-refractivity contribution >= 4 is 17.6 Å². The average Bonchev–Trinajstić information content (AvgIpc) is 2.93. The highest BCUT2D eigenvalue weighted by molar-refractivity contribution is 5.80. The molecule has 2 fully saturated rings. The van der Waals surface area contributed by atoms with E-state index in [1.54, 1.807) is 0 Å². The summed E-state index contributed by atoms with van der Waals surface area (Å²) in [5.74, 6) is 0.124. The van der Waals surface area contributed by atoms with Crippen molar-refractivity contribution in [3.8, 4) is 6.07 Å². The van der Waals surface area contributed by atoms with E-state index in [2.05, 4.69) is 28.0 Å². The maximum Gasteiger partial charge on any atom is 0.308 e. The summed E-state index contributed by atoms with van der Waals surface area (Å²) >= 11 is 0. The molecule has 184 valence electrons. The Labute approximate surface area is 208 Å². The number of carbonyl (C=O) groups excluding carboxylic acids is 2. The van der Waals surface area contributed by atoms with Gasteiger partial charge in [-0.3, -0.25) is 9.59 Å². The molecule has 0 bridgehead atoms. The predicted molar refractivity (Wildman–Crippen MR) is 136 cm³/mol. The van der Waals surface area contributed by atoms with Gasteiger partial charge in [0, 0.05) is 37.3 Å². The normalized spacial score (nSPS) is 20.6. The molecule has 0 spiro atoms. The number of benzene rings is 2. The Hall–Kier alpha value is -3.33. The van der Waals surface area contributed by atoms with Crippen molar-refractivity contribution in [2.75, 3.05) is 31.6 Å². The summed E-state index contributed by atoms with van der Waals surface area (Å²) in [6.45, 7) is 2.39. The number of ether oxygens (including phenoxy) is 1. The summed E-state index contributed by atoms with van der Waals surface area (Å²) in [7, 11) is 1.45. The van der Waals surface area contributed by atoms with E-state index in [1.807, 2.05) is 42.5 Å². The monoisotopic (exact) mass is 473 g/mol. The highest BCUT2D eigenvalue weighted by Gasteiger charge is 2.35. The molecule has 1 amide bonds. The van der Waals surface area contributed by atoms with Crippen molar-refractivity contribution in [3.05, 3.63) is 65.7 Å². The van der Waals surface area contributed by atoms with E-state index in [0.29, 0.717) is 12.1 Å². The van der Waals surface area contributed by atoms with Crippen LogP contribution in [-0.4, -0.2) is 49.6 Å². The van der Waals surface area contributed by atoms with Gasteiger partial charge in [0.15, 0.2) is 0 Å². The summed E-state index contributed by atoms with van der Waals surface area (Å²) in [4.78, 5) is 30.2. The van der Waals surface area contributed by atoms with Gasteiger partial charge in [-0.2, -0.15) is 5.26 Å². The minimum absolute atomic E-state index is 0.0266. The molecule has 1 heterocycles. The van der Waals surface area contributed by atoms with Crippen LogP contribution in [0.5, 0.6) is 0 Å². The lowest BCUT2D eigenvalue weighted by atomic mass is 9.84. The van der Waals surface area contributed by atoms with Crippen molar-refractivity contribution in [1.29, 1.82) is 5.26 Å². The van der Waals surface area contributed by atoms with E-state index < -0.39 is 0 Å². The molecular weight excluding hydrogens is 438 g/mol. The summed E-state index contributed by atoms with van der Waals surface area (Å²) in [5, 5.41) is 9.04. The molecule has 4 rings (SSSR count). The van der Waals surface area contributed by atoms with Gasteiger partial charge < -0.3 is 14.5 Å². The van der Waals surface area contributed by atoms with Crippen LogP contribution < -0.4 is 4.90 Å². The summed E-state index contributed by atoms with van der Waals surface area (Å²) in [5.41, 5.74) is 3.01. The van der Waals surface area contributed by atoms with E-state index in [9.17, 15) is 9.59 Å². The van der Waals surface area contributed by atoms with Gasteiger partial charge in [0.1, 0.15) is 0 Å². The molecule has 1 saturated heterocycles. The lowest BCUT2D eigenvalue weighted by molar-refractivity contribution is -0.147. The Balaban J connectivity index is 1.40. The molecule has 6 nitrogen and oxygen atoms in total. The van der Waals surface area contributed by atoms with Crippen LogP contribution in [0.3, 0.4) is 0 Å². The fourth-order valence-corrected chi connectivity index (χ4v) is 5.52. The Morgan fingerprint density at radius 2 is 1.60 bits per heavy atom. The molecule has 0 aromatic heterocycles. The maximum atomic E-state index is 13.8. The third kappa shape index (κ3) is 6.22. The third-order valence-electron chi connectivity index (χ3n) is 7.65. The number of nitrogens with zero attached hydrogens (tertiary/aromatic N) is 3. The molecule has 0 atom stereocenters. The summed E-state index contributed by atoms with van der Waals surface area (Å²) in [6, 6.07) is 20.4. The third-order valence-corrected chi connectivity index (χ3v) is 7.65. The number of piperidine rings is 1. The Kier molecular flexibility index (Phi) is 8.41. The summed E-state index contributed by atoms with van der Waals surface area (Å²) < 4.78 is 4.95. The van der Waals surface area contributed by atoms with Gasteiger partial charge in [-0.1, -0.05) is 30.3 Å². The van der Waals surface area contributed by atoms with Crippen molar-refractivity contribution < 1.29 is 14.3 Å². The van der Waals surface area contributed by atoms with Crippen LogP contribution in [0.1, 0.15) is 49.7 Å². The fraction of sp³-hybridized carbons (Fsp3) is 0.483. The lowest BCUT2D eigenvalue weighted by Crippen LogP contribution is -2.49. The number of methoxy groups -OCH3 is 1. The maximum absolute atomic E-state index is 13.8. The Morgan fingerprint density at radius 1 is 0.943 bits per heavy atom. The molecule has 1 saturated carbocycles. The highest BCUT2D eigenvalue weighted by Crippen LogP contribution is 2.31. The number of rotatable bonds is 7. The second-order valence-electron chi connectivity index (χ2n) is 9.72. The molecule has 2 aromatic carbocycles. The number of carbonyl (C=O) groups is 2. The summed E-state index contributed by atoms with van der Waals surface area (Å²) in [6.07, 6.45) is 5.77. The van der Waals surface area contributed by atoms with Crippen LogP contribution in [0.25, 0.3) is 0 Å². The number of hydrogen-bond acceptors (Lipinski definition) is 5. The van der Waals surface area contributed by atoms with Crippen molar-refractivity contribution in [2.45, 2.75) is 51.0 Å². The van der Waals surface area contributed by atoms with Crippen molar-refractivity contribution in [2.24, 2.45) is 11.8 Å². The van der Waals surface area contributed by atoms with Gasteiger partial charge in [-0.15, -0.1) is 0 Å². The first-order chi connectivity index (χ1) is 17.1. The number of anilines is 1. The van der Waals surface area contributed by atoms with Crippen LogP contribution >= 0.6 is 0 Å². The number of amides is 1. The average molecular weight is 474 g/mol. The van der Waals surface area contributed by atoms with Gasteiger partial charge in [0.05, 0.1) is 24.7 Å². The number of hydrogen-bond donors (Lipinski definition) is 0. The topological polar surface area (TPSA) is 73.6 Å². The van der Waals surface area contributed by atoms with Crippen LogP contribution in [0.2, 0.25) is 0 Å². The smallest absolute Gasteiger partial charge is 0.308 e. The zero-order valence-corrected chi connectivity index (χ0v) is 20.6. The van der Waals surface area contributed by atoms with Crippen molar-refractivity contribution in [3.63, 3.8) is 0 Å². The van der Waals surface area contributed by atoms with E-state index in [-0.39, 0.29) is 29.8 Å². The van der Waals surface area contributed by atoms with Gasteiger partial charge in [-0.25, -0.2) is 0 Å². The largest absolute Gasteiger partial charge is 0.469 e. The molecule has 0 radical (unpaired) electrons.